The van der Waals surface area contributed by atoms with E-state index in [-0.39, 0.29) is 36.0 Å². The number of methoxy groups -OCH3 is 2. The standard InChI is InChI=1S/C11H20ClN3O4S/c1-9(7-19-4)15(5-6-18-3)20(16,17)11-10(12)14(2)8-13-11/h8-9H,5-7H2,1-4H3. The second-order valence-electron chi connectivity index (χ2n) is 4.36. The van der Waals surface area contributed by atoms with Crippen LogP contribution < -0.4 is 0 Å². The zero-order valence-electron chi connectivity index (χ0n) is 12.0. The second-order valence-corrected chi connectivity index (χ2v) is 6.53. The third kappa shape index (κ3) is 3.70. The van der Waals surface area contributed by atoms with Crippen LogP contribution in [-0.4, -0.2) is 62.3 Å². The van der Waals surface area contributed by atoms with E-state index in [0.29, 0.717) is 0 Å². The van der Waals surface area contributed by atoms with Gasteiger partial charge in [0.05, 0.1) is 19.5 Å². The first-order chi connectivity index (χ1) is 9.36. The van der Waals surface area contributed by atoms with E-state index in [1.54, 1.807) is 14.0 Å². The van der Waals surface area contributed by atoms with Crippen LogP contribution in [0.5, 0.6) is 0 Å². The first-order valence-corrected chi connectivity index (χ1v) is 7.84. The molecule has 0 bridgehead atoms. The number of halogens is 1. The molecule has 9 heteroatoms. The zero-order chi connectivity index (χ0) is 15.3. The summed E-state index contributed by atoms with van der Waals surface area (Å²) in [6.07, 6.45) is 1.37. The minimum Gasteiger partial charge on any atom is -0.383 e. The van der Waals surface area contributed by atoms with Crippen molar-refractivity contribution in [3.05, 3.63) is 11.5 Å². The average Bonchev–Trinajstić information content (AvgIpc) is 2.71. The van der Waals surface area contributed by atoms with Crippen molar-refractivity contribution in [2.75, 3.05) is 34.0 Å². The van der Waals surface area contributed by atoms with Gasteiger partial charge in [-0.25, -0.2) is 13.4 Å². The van der Waals surface area contributed by atoms with Gasteiger partial charge in [0.2, 0.25) is 5.03 Å². The molecule has 1 unspecified atom stereocenters. The Kier molecular flexibility index (Phi) is 6.41. The van der Waals surface area contributed by atoms with Crippen LogP contribution in [0.1, 0.15) is 6.92 Å². The van der Waals surface area contributed by atoms with E-state index in [2.05, 4.69) is 4.98 Å². The third-order valence-electron chi connectivity index (χ3n) is 2.80. The van der Waals surface area contributed by atoms with E-state index in [9.17, 15) is 8.42 Å². The quantitative estimate of drug-likeness (QED) is 0.705. The summed E-state index contributed by atoms with van der Waals surface area (Å²) >= 11 is 5.99. The summed E-state index contributed by atoms with van der Waals surface area (Å²) in [5, 5.41) is -0.0715. The molecule has 0 aliphatic rings. The van der Waals surface area contributed by atoms with E-state index >= 15 is 0 Å². The number of nitrogens with zero attached hydrogens (tertiary/aromatic N) is 3. The van der Waals surface area contributed by atoms with Crippen molar-refractivity contribution in [3.8, 4) is 0 Å². The van der Waals surface area contributed by atoms with Crippen molar-refractivity contribution in [3.63, 3.8) is 0 Å². The number of aryl methyl sites for hydroxylation is 1. The molecular weight excluding hydrogens is 306 g/mol. The molecule has 0 aliphatic carbocycles. The zero-order valence-corrected chi connectivity index (χ0v) is 13.6. The van der Waals surface area contributed by atoms with Crippen LogP contribution in [0.15, 0.2) is 11.4 Å². The number of sulfonamides is 1. The summed E-state index contributed by atoms with van der Waals surface area (Å²) in [5.74, 6) is 0. The molecule has 0 aromatic carbocycles. The fourth-order valence-electron chi connectivity index (χ4n) is 1.76. The lowest BCUT2D eigenvalue weighted by atomic mass is 10.3. The molecule has 0 aliphatic heterocycles. The van der Waals surface area contributed by atoms with Crippen LogP contribution in [0.4, 0.5) is 0 Å². The Morgan fingerprint density at radius 2 is 2.10 bits per heavy atom. The lowest BCUT2D eigenvalue weighted by molar-refractivity contribution is 0.119. The van der Waals surface area contributed by atoms with E-state index in [4.69, 9.17) is 21.1 Å². The topological polar surface area (TPSA) is 73.7 Å². The molecule has 0 N–H and O–H groups in total. The summed E-state index contributed by atoms with van der Waals surface area (Å²) in [7, 11) is 0.869. The molecule has 0 saturated heterocycles. The van der Waals surface area contributed by atoms with Gasteiger partial charge in [0.25, 0.3) is 10.0 Å². The molecule has 0 radical (unpaired) electrons. The number of imidazole rings is 1. The first-order valence-electron chi connectivity index (χ1n) is 6.02. The monoisotopic (exact) mass is 325 g/mol. The Balaban J connectivity index is 3.13. The van der Waals surface area contributed by atoms with Gasteiger partial charge < -0.3 is 14.0 Å². The van der Waals surface area contributed by atoms with Gasteiger partial charge in [-0.3, -0.25) is 0 Å². The van der Waals surface area contributed by atoms with Gasteiger partial charge in [0.15, 0.2) is 0 Å². The number of rotatable bonds is 8. The fourth-order valence-corrected chi connectivity index (χ4v) is 3.75. The number of aromatic nitrogens is 2. The van der Waals surface area contributed by atoms with Crippen LogP contribution in [0, 0.1) is 0 Å². The average molecular weight is 326 g/mol. The van der Waals surface area contributed by atoms with E-state index in [0.717, 1.165) is 0 Å². The smallest absolute Gasteiger partial charge is 0.264 e. The summed E-state index contributed by atoms with van der Waals surface area (Å²) in [6.45, 7) is 2.51. The molecule has 20 heavy (non-hydrogen) atoms. The Bertz CT molecular complexity index is 532. The summed E-state index contributed by atoms with van der Waals surface area (Å²) in [5.41, 5.74) is 0. The van der Waals surface area contributed by atoms with Gasteiger partial charge >= 0.3 is 0 Å². The predicted molar refractivity (Wildman–Crippen MR) is 75.3 cm³/mol. The lowest BCUT2D eigenvalue weighted by Crippen LogP contribution is -2.43. The van der Waals surface area contributed by atoms with Gasteiger partial charge in [0.1, 0.15) is 5.15 Å². The molecule has 1 aromatic heterocycles. The minimum absolute atomic E-state index is 0.0806. The highest BCUT2D eigenvalue weighted by Crippen LogP contribution is 2.24. The van der Waals surface area contributed by atoms with Gasteiger partial charge in [0, 0.05) is 33.9 Å². The van der Waals surface area contributed by atoms with Crippen LogP contribution in [0.2, 0.25) is 5.15 Å². The highest BCUT2D eigenvalue weighted by molar-refractivity contribution is 7.89. The summed E-state index contributed by atoms with van der Waals surface area (Å²) < 4.78 is 38.0. The van der Waals surface area contributed by atoms with Crippen molar-refractivity contribution in [2.24, 2.45) is 7.05 Å². The van der Waals surface area contributed by atoms with Crippen molar-refractivity contribution in [2.45, 2.75) is 18.0 Å². The second kappa shape index (κ2) is 7.37. The molecule has 1 atom stereocenters. The molecule has 7 nitrogen and oxygen atoms in total. The maximum atomic E-state index is 12.6. The van der Waals surface area contributed by atoms with Crippen LogP contribution >= 0.6 is 11.6 Å². The highest BCUT2D eigenvalue weighted by atomic mass is 35.5. The molecule has 1 aromatic rings. The number of ether oxygens (including phenoxy) is 2. The van der Waals surface area contributed by atoms with Crippen molar-refractivity contribution < 1.29 is 17.9 Å². The molecule has 1 heterocycles. The van der Waals surface area contributed by atoms with E-state index in [1.165, 1.54) is 29.4 Å². The first kappa shape index (κ1) is 17.4. The highest BCUT2D eigenvalue weighted by Gasteiger charge is 2.33. The normalized spacial score (nSPS) is 13.9. The molecule has 0 saturated carbocycles. The molecular formula is C11H20ClN3O4S. The largest absolute Gasteiger partial charge is 0.383 e. The Hall–Kier alpha value is -0.670. The van der Waals surface area contributed by atoms with Crippen molar-refractivity contribution in [1.29, 1.82) is 0 Å². The van der Waals surface area contributed by atoms with Crippen LogP contribution in [0.25, 0.3) is 0 Å². The van der Waals surface area contributed by atoms with Crippen LogP contribution in [-0.2, 0) is 26.5 Å². The Morgan fingerprint density at radius 3 is 2.55 bits per heavy atom. The maximum absolute atomic E-state index is 12.6. The van der Waals surface area contributed by atoms with Crippen molar-refractivity contribution >= 4 is 21.6 Å². The molecule has 0 amide bonds. The van der Waals surface area contributed by atoms with Crippen molar-refractivity contribution in [1.82, 2.24) is 13.9 Å². The fraction of sp³-hybridized carbons (Fsp3) is 0.727. The molecule has 116 valence electrons. The van der Waals surface area contributed by atoms with Gasteiger partial charge in [-0.1, -0.05) is 11.6 Å². The van der Waals surface area contributed by atoms with E-state index in [1.807, 2.05) is 0 Å². The van der Waals surface area contributed by atoms with Gasteiger partial charge in [-0.05, 0) is 6.92 Å². The predicted octanol–water partition coefficient (Wildman–Crippen LogP) is 0.746. The number of hydrogen-bond acceptors (Lipinski definition) is 5. The summed E-state index contributed by atoms with van der Waals surface area (Å²) in [4.78, 5) is 3.88. The van der Waals surface area contributed by atoms with Gasteiger partial charge in [-0.15, -0.1) is 0 Å². The molecule has 1 rings (SSSR count). The van der Waals surface area contributed by atoms with Gasteiger partial charge in [-0.2, -0.15) is 4.31 Å². The Labute approximate surface area is 124 Å². The Morgan fingerprint density at radius 1 is 1.45 bits per heavy atom. The summed E-state index contributed by atoms with van der Waals surface area (Å²) in [6, 6.07) is -0.349. The minimum atomic E-state index is -3.80. The molecule has 0 spiro atoms. The third-order valence-corrected chi connectivity index (χ3v) is 5.31. The number of hydrogen-bond donors (Lipinski definition) is 0. The maximum Gasteiger partial charge on any atom is 0.264 e. The lowest BCUT2D eigenvalue weighted by Gasteiger charge is -2.26. The SMILES string of the molecule is COCCN(C(C)COC)S(=O)(=O)c1ncn(C)c1Cl. The van der Waals surface area contributed by atoms with Crippen LogP contribution in [0.3, 0.4) is 0 Å². The van der Waals surface area contributed by atoms with E-state index < -0.39 is 10.0 Å². The molecule has 0 fully saturated rings.